The van der Waals surface area contributed by atoms with Crippen molar-refractivity contribution in [1.82, 2.24) is 10.2 Å². The molecule has 2 aromatic rings. The lowest BCUT2D eigenvalue weighted by molar-refractivity contribution is -0.139. The molecule has 0 saturated carbocycles. The quantitative estimate of drug-likeness (QED) is 0.695. The van der Waals surface area contributed by atoms with Crippen LogP contribution < -0.4 is 5.32 Å². The van der Waals surface area contributed by atoms with Crippen LogP contribution in [0.1, 0.15) is 18.1 Å². The number of benzene rings is 2. The maximum Gasteiger partial charge on any atom is 0.242 e. The third kappa shape index (κ3) is 5.47. The number of carbonyl (C=O) groups is 2. The van der Waals surface area contributed by atoms with E-state index in [1.165, 1.54) is 0 Å². The van der Waals surface area contributed by atoms with Gasteiger partial charge in [0.2, 0.25) is 11.8 Å². The Hall–Kier alpha value is -1.56. The maximum absolute atomic E-state index is 12.9. The Morgan fingerprint density at radius 1 is 1.15 bits per heavy atom. The molecule has 0 aromatic heterocycles. The first-order valence-electron chi connectivity index (χ1n) is 8.01. The minimum Gasteiger partial charge on any atom is -0.357 e. The summed E-state index contributed by atoms with van der Waals surface area (Å²) < 4.78 is 0.950. The average molecular weight is 458 g/mol. The highest BCUT2D eigenvalue weighted by molar-refractivity contribution is 9.10. The van der Waals surface area contributed by atoms with Gasteiger partial charge in [-0.25, -0.2) is 0 Å². The van der Waals surface area contributed by atoms with Gasteiger partial charge in [0.15, 0.2) is 0 Å². The molecule has 0 heterocycles. The van der Waals surface area contributed by atoms with E-state index in [2.05, 4.69) is 21.2 Å². The Morgan fingerprint density at radius 2 is 1.81 bits per heavy atom. The highest BCUT2D eigenvalue weighted by atomic mass is 79.9. The van der Waals surface area contributed by atoms with Gasteiger partial charge in [-0.05, 0) is 42.3 Å². The monoisotopic (exact) mass is 456 g/mol. The van der Waals surface area contributed by atoms with Gasteiger partial charge in [-0.2, -0.15) is 0 Å². The van der Waals surface area contributed by atoms with Crippen molar-refractivity contribution >= 4 is 50.9 Å². The molecule has 26 heavy (non-hydrogen) atoms. The van der Waals surface area contributed by atoms with Crippen LogP contribution in [0.25, 0.3) is 0 Å². The van der Waals surface area contributed by atoms with E-state index < -0.39 is 6.04 Å². The molecule has 1 atom stereocenters. The van der Waals surface area contributed by atoms with Gasteiger partial charge in [0.25, 0.3) is 0 Å². The molecule has 0 unspecified atom stereocenters. The lowest BCUT2D eigenvalue weighted by atomic mass is 10.1. The van der Waals surface area contributed by atoms with E-state index in [1.54, 1.807) is 37.1 Å². The Kier molecular flexibility index (Phi) is 7.50. The van der Waals surface area contributed by atoms with Crippen LogP contribution in [0.15, 0.2) is 46.9 Å². The van der Waals surface area contributed by atoms with Crippen molar-refractivity contribution in [2.24, 2.45) is 0 Å². The number of amides is 2. The third-order valence-corrected chi connectivity index (χ3v) is 5.15. The number of nitrogens with zero attached hydrogens (tertiary/aromatic N) is 1. The fourth-order valence-corrected chi connectivity index (χ4v) is 3.25. The van der Waals surface area contributed by atoms with Gasteiger partial charge >= 0.3 is 0 Å². The largest absolute Gasteiger partial charge is 0.357 e. The summed E-state index contributed by atoms with van der Waals surface area (Å²) in [6.07, 6.45) is 0.0911. The summed E-state index contributed by atoms with van der Waals surface area (Å²) in [4.78, 5) is 26.6. The van der Waals surface area contributed by atoms with Crippen LogP contribution in [0, 0.1) is 0 Å². The van der Waals surface area contributed by atoms with Crippen molar-refractivity contribution in [2.75, 3.05) is 7.05 Å². The summed E-state index contributed by atoms with van der Waals surface area (Å²) >= 11 is 15.5. The second-order valence-corrected chi connectivity index (χ2v) is 7.61. The van der Waals surface area contributed by atoms with E-state index in [1.807, 2.05) is 24.3 Å². The highest BCUT2D eigenvalue weighted by Gasteiger charge is 2.26. The summed E-state index contributed by atoms with van der Waals surface area (Å²) in [5, 5.41) is 3.54. The molecule has 0 aliphatic carbocycles. The molecule has 138 valence electrons. The van der Waals surface area contributed by atoms with E-state index in [0.29, 0.717) is 22.2 Å². The molecule has 0 aliphatic rings. The number of rotatable bonds is 6. The van der Waals surface area contributed by atoms with Gasteiger partial charge in [-0.3, -0.25) is 9.59 Å². The minimum absolute atomic E-state index is 0.0911. The number of hydrogen-bond acceptors (Lipinski definition) is 2. The fourth-order valence-electron chi connectivity index (χ4n) is 2.51. The highest BCUT2D eigenvalue weighted by Crippen LogP contribution is 2.23. The molecule has 0 radical (unpaired) electrons. The molecule has 0 saturated heterocycles. The van der Waals surface area contributed by atoms with Gasteiger partial charge in [0.1, 0.15) is 6.04 Å². The third-order valence-electron chi connectivity index (χ3n) is 4.04. The van der Waals surface area contributed by atoms with E-state index >= 15 is 0 Å². The Labute approximate surface area is 171 Å². The second-order valence-electron chi connectivity index (χ2n) is 5.85. The molecule has 0 aliphatic heterocycles. The summed E-state index contributed by atoms with van der Waals surface area (Å²) in [7, 11) is 1.55. The molecule has 7 heteroatoms. The molecular formula is C19H19BrCl2N2O2. The van der Waals surface area contributed by atoms with Crippen molar-refractivity contribution < 1.29 is 9.59 Å². The van der Waals surface area contributed by atoms with Gasteiger partial charge in [-0.15, -0.1) is 0 Å². The van der Waals surface area contributed by atoms with E-state index in [9.17, 15) is 9.59 Å². The zero-order chi connectivity index (χ0) is 19.3. The minimum atomic E-state index is -0.609. The number of halogens is 3. The van der Waals surface area contributed by atoms with Crippen LogP contribution in [-0.2, 0) is 22.6 Å². The standard InChI is InChI=1S/C19H19BrCl2N2O2/c1-12(19(26)23-2)24(11-13-3-6-15(20)7-4-13)18(25)9-14-5-8-16(21)10-17(14)22/h3-8,10,12H,9,11H2,1-2H3,(H,23,26)/t12-/m1/s1. The molecule has 0 fully saturated rings. The summed E-state index contributed by atoms with van der Waals surface area (Å²) in [6, 6.07) is 12.0. The number of hydrogen-bond donors (Lipinski definition) is 1. The molecule has 2 rings (SSSR count). The molecule has 2 amide bonds. The Balaban J connectivity index is 2.25. The van der Waals surface area contributed by atoms with Gasteiger partial charge in [0, 0.05) is 28.1 Å². The van der Waals surface area contributed by atoms with Crippen molar-refractivity contribution in [2.45, 2.75) is 25.9 Å². The smallest absolute Gasteiger partial charge is 0.242 e. The maximum atomic E-state index is 12.9. The first kappa shape index (κ1) is 20.7. The topological polar surface area (TPSA) is 49.4 Å². The Morgan fingerprint density at radius 3 is 2.38 bits per heavy atom. The van der Waals surface area contributed by atoms with Gasteiger partial charge in [0.05, 0.1) is 6.42 Å². The second kappa shape index (κ2) is 9.40. The van der Waals surface area contributed by atoms with Crippen molar-refractivity contribution in [3.05, 3.63) is 68.1 Å². The molecular weight excluding hydrogens is 439 g/mol. The van der Waals surface area contributed by atoms with Crippen molar-refractivity contribution in [1.29, 1.82) is 0 Å². The SMILES string of the molecule is CNC(=O)[C@@H](C)N(Cc1ccc(Br)cc1)C(=O)Cc1ccc(Cl)cc1Cl. The normalized spacial score (nSPS) is 11.7. The number of likely N-dealkylation sites (N-methyl/N-ethyl adjacent to an activating group) is 1. The van der Waals surface area contributed by atoms with Crippen molar-refractivity contribution in [3.63, 3.8) is 0 Å². The van der Waals surface area contributed by atoms with Crippen LogP contribution in [0.3, 0.4) is 0 Å². The predicted octanol–water partition coefficient (Wildman–Crippen LogP) is 4.46. The predicted molar refractivity (Wildman–Crippen MR) is 108 cm³/mol. The van der Waals surface area contributed by atoms with Gasteiger partial charge < -0.3 is 10.2 Å². The molecule has 0 spiro atoms. The summed E-state index contributed by atoms with van der Waals surface area (Å²) in [5.41, 5.74) is 1.60. The van der Waals surface area contributed by atoms with E-state index in [0.717, 1.165) is 10.0 Å². The number of nitrogens with one attached hydrogen (secondary N) is 1. The average Bonchev–Trinajstić information content (AvgIpc) is 2.62. The van der Waals surface area contributed by atoms with E-state index in [4.69, 9.17) is 23.2 Å². The molecule has 0 bridgehead atoms. The van der Waals surface area contributed by atoms with Crippen LogP contribution >= 0.6 is 39.1 Å². The molecule has 1 N–H and O–H groups in total. The lowest BCUT2D eigenvalue weighted by Crippen LogP contribution is -2.47. The van der Waals surface area contributed by atoms with Gasteiger partial charge in [-0.1, -0.05) is 57.3 Å². The zero-order valence-corrected chi connectivity index (χ0v) is 17.5. The lowest BCUT2D eigenvalue weighted by Gasteiger charge is -2.28. The fraction of sp³-hybridized carbons (Fsp3) is 0.263. The summed E-state index contributed by atoms with van der Waals surface area (Å²) in [5.74, 6) is -0.411. The van der Waals surface area contributed by atoms with E-state index in [-0.39, 0.29) is 18.2 Å². The van der Waals surface area contributed by atoms with Crippen LogP contribution in [0.2, 0.25) is 10.0 Å². The summed E-state index contributed by atoms with van der Waals surface area (Å²) in [6.45, 7) is 2.03. The molecule has 4 nitrogen and oxygen atoms in total. The zero-order valence-electron chi connectivity index (χ0n) is 14.4. The molecule has 2 aromatic carbocycles. The first-order valence-corrected chi connectivity index (χ1v) is 9.56. The van der Waals surface area contributed by atoms with Crippen LogP contribution in [0.5, 0.6) is 0 Å². The van der Waals surface area contributed by atoms with Crippen LogP contribution in [-0.4, -0.2) is 29.8 Å². The van der Waals surface area contributed by atoms with Crippen LogP contribution in [0.4, 0.5) is 0 Å². The first-order chi connectivity index (χ1) is 12.3. The Bertz CT molecular complexity index is 797. The van der Waals surface area contributed by atoms with Crippen molar-refractivity contribution in [3.8, 4) is 0 Å². The number of carbonyl (C=O) groups excluding carboxylic acids is 2.